The summed E-state index contributed by atoms with van der Waals surface area (Å²) in [5.41, 5.74) is 4.04. The lowest BCUT2D eigenvalue weighted by atomic mass is 9.85. The van der Waals surface area contributed by atoms with Crippen molar-refractivity contribution in [2.45, 2.75) is 44.7 Å². The first-order valence-corrected chi connectivity index (χ1v) is 14.3. The molecule has 1 heterocycles. The molecule has 1 unspecified atom stereocenters. The number of benzene rings is 2. The van der Waals surface area contributed by atoms with E-state index < -0.39 is 0 Å². The first-order chi connectivity index (χ1) is 19.5. The summed E-state index contributed by atoms with van der Waals surface area (Å²) in [6.07, 6.45) is 0.776. The second kappa shape index (κ2) is 18.2. The van der Waals surface area contributed by atoms with Crippen LogP contribution in [0.15, 0.2) is 42.5 Å². The molecular formula is C31H49N3O6. The van der Waals surface area contributed by atoms with E-state index in [0.29, 0.717) is 51.2 Å². The van der Waals surface area contributed by atoms with E-state index in [2.05, 4.69) is 47.1 Å². The van der Waals surface area contributed by atoms with Gasteiger partial charge in [0.05, 0.1) is 50.9 Å². The second-order valence-electron chi connectivity index (χ2n) is 10.5. The average Bonchev–Trinajstić information content (AvgIpc) is 2.96. The Morgan fingerprint density at radius 1 is 0.900 bits per heavy atom. The van der Waals surface area contributed by atoms with Gasteiger partial charge < -0.3 is 44.7 Å². The van der Waals surface area contributed by atoms with Gasteiger partial charge in [-0.25, -0.2) is 0 Å². The Hall–Kier alpha value is -2.24. The molecule has 2 aromatic carbocycles. The van der Waals surface area contributed by atoms with Crippen molar-refractivity contribution in [3.8, 4) is 5.75 Å². The first kappa shape index (κ1) is 32.3. The van der Waals surface area contributed by atoms with Crippen LogP contribution < -0.4 is 16.0 Å². The van der Waals surface area contributed by atoms with Crippen molar-refractivity contribution in [3.63, 3.8) is 0 Å². The Morgan fingerprint density at radius 2 is 1.65 bits per heavy atom. The molecule has 9 nitrogen and oxygen atoms in total. The highest BCUT2D eigenvalue weighted by atomic mass is 16.5. The number of anilines is 1. The Balaban J connectivity index is 1.67. The molecule has 0 aliphatic carbocycles. The van der Waals surface area contributed by atoms with Crippen LogP contribution in [0.2, 0.25) is 0 Å². The van der Waals surface area contributed by atoms with Crippen molar-refractivity contribution >= 4 is 5.69 Å². The third kappa shape index (κ3) is 10.6. The molecule has 1 aliphatic rings. The molecule has 0 radical (unpaired) electrons. The summed E-state index contributed by atoms with van der Waals surface area (Å²) in [7, 11) is 5.34. The smallest absolute Gasteiger partial charge is 0.138 e. The summed E-state index contributed by atoms with van der Waals surface area (Å²) >= 11 is 0. The number of nitrogens with one attached hydrogen (secondary N) is 3. The highest BCUT2D eigenvalue weighted by Gasteiger charge is 2.36. The monoisotopic (exact) mass is 559 g/mol. The van der Waals surface area contributed by atoms with Gasteiger partial charge in [0.2, 0.25) is 0 Å². The number of hydrogen-bond acceptors (Lipinski definition) is 9. The predicted octanol–water partition coefficient (Wildman–Crippen LogP) is 3.52. The van der Waals surface area contributed by atoms with Gasteiger partial charge in [0.25, 0.3) is 0 Å². The summed E-state index contributed by atoms with van der Waals surface area (Å²) < 4.78 is 29.1. The molecule has 0 aromatic heterocycles. The van der Waals surface area contributed by atoms with E-state index in [-0.39, 0.29) is 23.9 Å². The Bertz CT molecular complexity index is 961. The third-order valence-electron chi connectivity index (χ3n) is 7.03. The van der Waals surface area contributed by atoms with Crippen molar-refractivity contribution in [3.05, 3.63) is 59.2 Å². The van der Waals surface area contributed by atoms with Gasteiger partial charge in [-0.1, -0.05) is 37.3 Å². The number of phenolic OH excluding ortho intramolecular Hbond substituents is 1. The molecule has 1 aliphatic heterocycles. The van der Waals surface area contributed by atoms with Gasteiger partial charge in [0.1, 0.15) is 5.75 Å². The number of likely N-dealkylation sites (N-methyl/N-ethyl adjacent to an activating group) is 1. The average molecular weight is 560 g/mol. The SMILES string of the molecule is CNCCO[C@@H]1CNC[C@H](OCc2ccc(O)c(NCCCOC)c2)C1c1ccc(COC[C@@H](C)COC)cc1. The summed E-state index contributed by atoms with van der Waals surface area (Å²) in [6.45, 7) is 8.82. The number of methoxy groups -OCH3 is 2. The summed E-state index contributed by atoms with van der Waals surface area (Å²) in [6, 6.07) is 14.2. The Kier molecular flexibility index (Phi) is 14.7. The minimum atomic E-state index is -0.0720. The molecule has 4 N–H and O–H groups in total. The van der Waals surface area contributed by atoms with Crippen LogP contribution in [0.25, 0.3) is 0 Å². The molecule has 1 fully saturated rings. The van der Waals surface area contributed by atoms with E-state index in [0.717, 1.165) is 43.7 Å². The molecule has 0 amide bonds. The molecule has 0 bridgehead atoms. The normalized spacial score (nSPS) is 19.9. The molecule has 1 saturated heterocycles. The van der Waals surface area contributed by atoms with Crippen LogP contribution in [0.1, 0.15) is 36.0 Å². The molecule has 224 valence electrons. The van der Waals surface area contributed by atoms with Crippen molar-refractivity contribution in [2.24, 2.45) is 5.92 Å². The van der Waals surface area contributed by atoms with Gasteiger partial charge in [0, 0.05) is 58.8 Å². The quantitative estimate of drug-likeness (QED) is 0.152. The number of piperidine rings is 1. The highest BCUT2D eigenvalue weighted by Crippen LogP contribution is 2.32. The Morgan fingerprint density at radius 3 is 2.38 bits per heavy atom. The number of ether oxygens (including phenoxy) is 5. The molecule has 0 saturated carbocycles. The zero-order valence-electron chi connectivity index (χ0n) is 24.6. The van der Waals surface area contributed by atoms with Crippen LogP contribution in [0.5, 0.6) is 5.75 Å². The molecule has 3 rings (SSSR count). The topological polar surface area (TPSA) is 102 Å². The Labute approximate surface area is 239 Å². The zero-order chi connectivity index (χ0) is 28.6. The van der Waals surface area contributed by atoms with E-state index in [1.807, 2.05) is 19.2 Å². The van der Waals surface area contributed by atoms with Crippen molar-refractivity contribution < 1.29 is 28.8 Å². The molecule has 40 heavy (non-hydrogen) atoms. The van der Waals surface area contributed by atoms with Crippen molar-refractivity contribution in [1.29, 1.82) is 0 Å². The lowest BCUT2D eigenvalue weighted by Crippen LogP contribution is -2.51. The minimum Gasteiger partial charge on any atom is -0.506 e. The van der Waals surface area contributed by atoms with Gasteiger partial charge in [-0.3, -0.25) is 0 Å². The van der Waals surface area contributed by atoms with E-state index >= 15 is 0 Å². The number of aromatic hydroxyl groups is 1. The fourth-order valence-corrected chi connectivity index (χ4v) is 4.93. The van der Waals surface area contributed by atoms with Crippen LogP contribution in [0.4, 0.5) is 5.69 Å². The van der Waals surface area contributed by atoms with E-state index in [9.17, 15) is 5.11 Å². The van der Waals surface area contributed by atoms with Crippen LogP contribution >= 0.6 is 0 Å². The van der Waals surface area contributed by atoms with E-state index in [1.165, 1.54) is 5.56 Å². The molecule has 9 heteroatoms. The van der Waals surface area contributed by atoms with Crippen LogP contribution in [0, 0.1) is 5.92 Å². The summed E-state index contributed by atoms with van der Waals surface area (Å²) in [5.74, 6) is 0.677. The van der Waals surface area contributed by atoms with Crippen LogP contribution in [-0.2, 0) is 36.9 Å². The maximum absolute atomic E-state index is 10.3. The number of rotatable bonds is 19. The summed E-state index contributed by atoms with van der Waals surface area (Å²) in [4.78, 5) is 0. The molecular weight excluding hydrogens is 510 g/mol. The van der Waals surface area contributed by atoms with Crippen molar-refractivity contribution in [2.75, 3.05) is 79.2 Å². The fourth-order valence-electron chi connectivity index (χ4n) is 4.93. The maximum Gasteiger partial charge on any atom is 0.138 e. The van der Waals surface area contributed by atoms with Crippen LogP contribution in [-0.4, -0.2) is 91.2 Å². The van der Waals surface area contributed by atoms with Gasteiger partial charge in [-0.15, -0.1) is 0 Å². The van der Waals surface area contributed by atoms with Gasteiger partial charge in [-0.05, 0) is 42.3 Å². The highest BCUT2D eigenvalue weighted by molar-refractivity contribution is 5.57. The molecule has 0 spiro atoms. The number of phenols is 1. The van der Waals surface area contributed by atoms with E-state index in [4.69, 9.17) is 23.7 Å². The lowest BCUT2D eigenvalue weighted by Gasteiger charge is -2.39. The van der Waals surface area contributed by atoms with Crippen molar-refractivity contribution in [1.82, 2.24) is 10.6 Å². The largest absolute Gasteiger partial charge is 0.506 e. The molecule has 4 atom stereocenters. The second-order valence-corrected chi connectivity index (χ2v) is 10.5. The van der Waals surface area contributed by atoms with Gasteiger partial charge in [0.15, 0.2) is 0 Å². The maximum atomic E-state index is 10.3. The fraction of sp³-hybridized carbons (Fsp3) is 0.613. The standard InChI is InChI=1S/C31H49N3O6/c1-23(19-37-4)20-38-21-24-6-9-26(10-7-24)31-29(39-15-13-32-2)17-33-18-30(31)40-22-25-8-11-28(35)27(16-25)34-12-5-14-36-3/h6-11,16,23,29-35H,5,12-15,17-22H2,1-4H3/t23-,29+,30-,31?/m0/s1. The zero-order valence-corrected chi connectivity index (χ0v) is 24.6. The minimum absolute atomic E-state index is 0.0121. The number of hydrogen-bond donors (Lipinski definition) is 4. The van der Waals surface area contributed by atoms with Crippen LogP contribution in [0.3, 0.4) is 0 Å². The predicted molar refractivity (Wildman–Crippen MR) is 158 cm³/mol. The summed E-state index contributed by atoms with van der Waals surface area (Å²) in [5, 5.41) is 20.2. The van der Waals surface area contributed by atoms with E-state index in [1.54, 1.807) is 20.3 Å². The third-order valence-corrected chi connectivity index (χ3v) is 7.03. The first-order valence-electron chi connectivity index (χ1n) is 14.3. The molecule has 2 aromatic rings. The van der Waals surface area contributed by atoms with Gasteiger partial charge >= 0.3 is 0 Å². The van der Waals surface area contributed by atoms with Gasteiger partial charge in [-0.2, -0.15) is 0 Å². The lowest BCUT2D eigenvalue weighted by molar-refractivity contribution is -0.0589.